The number of carbonyl (C=O) groups excluding carboxylic acids is 2. The van der Waals surface area contributed by atoms with Gasteiger partial charge in [-0.15, -0.1) is 0 Å². The van der Waals surface area contributed by atoms with Gasteiger partial charge in [0.15, 0.2) is 0 Å². The van der Waals surface area contributed by atoms with Crippen LogP contribution < -0.4 is 5.32 Å². The molecule has 0 radical (unpaired) electrons. The Bertz CT molecular complexity index is 659. The molecule has 0 saturated carbocycles. The van der Waals surface area contributed by atoms with Crippen molar-refractivity contribution in [2.75, 3.05) is 32.8 Å². The van der Waals surface area contributed by atoms with Gasteiger partial charge in [0.25, 0.3) is 5.91 Å². The second-order valence-corrected chi connectivity index (χ2v) is 6.97. The summed E-state index contributed by atoms with van der Waals surface area (Å²) in [6.07, 6.45) is -3.91. The third-order valence-electron chi connectivity index (χ3n) is 4.98. The molecule has 8 nitrogen and oxygen atoms in total. The highest BCUT2D eigenvalue weighted by Crippen LogP contribution is 2.24. The van der Waals surface area contributed by atoms with Gasteiger partial charge >= 0.3 is 0 Å². The van der Waals surface area contributed by atoms with Gasteiger partial charge in [0.2, 0.25) is 5.91 Å². The Morgan fingerprint density at radius 3 is 2.41 bits per heavy atom. The van der Waals surface area contributed by atoms with Crippen LogP contribution in [0.25, 0.3) is 0 Å². The van der Waals surface area contributed by atoms with Crippen molar-refractivity contribution in [3.63, 3.8) is 0 Å². The summed E-state index contributed by atoms with van der Waals surface area (Å²) in [6, 6.07) is 7.12. The number of rotatable bonds is 5. The number of benzene rings is 1. The quantitative estimate of drug-likeness (QED) is 0.635. The zero-order valence-corrected chi connectivity index (χ0v) is 15.3. The molecule has 4 atom stereocenters. The van der Waals surface area contributed by atoms with E-state index in [2.05, 4.69) is 5.32 Å². The first-order valence-electron chi connectivity index (χ1n) is 9.17. The van der Waals surface area contributed by atoms with E-state index in [9.17, 15) is 19.8 Å². The maximum absolute atomic E-state index is 12.3. The van der Waals surface area contributed by atoms with Crippen molar-refractivity contribution in [1.29, 1.82) is 0 Å². The minimum atomic E-state index is -1.17. The summed E-state index contributed by atoms with van der Waals surface area (Å²) >= 11 is 0. The lowest BCUT2D eigenvalue weighted by Crippen LogP contribution is -2.43. The first kappa shape index (κ1) is 19.8. The fourth-order valence-electron chi connectivity index (χ4n) is 3.28. The normalized spacial score (nSPS) is 28.2. The van der Waals surface area contributed by atoms with E-state index in [1.165, 1.54) is 0 Å². The molecule has 0 bridgehead atoms. The number of ether oxygens (including phenoxy) is 2. The summed E-state index contributed by atoms with van der Waals surface area (Å²) in [5, 5.41) is 23.1. The summed E-state index contributed by atoms with van der Waals surface area (Å²) in [5.41, 5.74) is 1.56. The van der Waals surface area contributed by atoms with Crippen LogP contribution >= 0.6 is 0 Å². The summed E-state index contributed by atoms with van der Waals surface area (Å²) in [7, 11) is 0. The van der Waals surface area contributed by atoms with Gasteiger partial charge < -0.3 is 29.9 Å². The molecule has 0 unspecified atom stereocenters. The van der Waals surface area contributed by atoms with Crippen LogP contribution in [0.5, 0.6) is 0 Å². The predicted molar refractivity (Wildman–Crippen MR) is 96.2 cm³/mol. The third-order valence-corrected chi connectivity index (χ3v) is 4.98. The molecule has 2 fully saturated rings. The van der Waals surface area contributed by atoms with Gasteiger partial charge in [0.05, 0.1) is 25.7 Å². The van der Waals surface area contributed by atoms with E-state index in [1.54, 1.807) is 17.0 Å². The molecule has 27 heavy (non-hydrogen) atoms. The van der Waals surface area contributed by atoms with E-state index < -0.39 is 24.4 Å². The molecule has 1 aromatic rings. The van der Waals surface area contributed by atoms with E-state index in [1.807, 2.05) is 19.1 Å². The van der Waals surface area contributed by atoms with Crippen molar-refractivity contribution in [1.82, 2.24) is 10.2 Å². The number of nitrogens with zero attached hydrogens (tertiary/aromatic N) is 1. The predicted octanol–water partition coefficient (Wildman–Crippen LogP) is -0.537. The zero-order chi connectivity index (χ0) is 19.4. The molecule has 2 aliphatic rings. The summed E-state index contributed by atoms with van der Waals surface area (Å²) in [5.74, 6) is -0.424. The Kier molecular flexibility index (Phi) is 6.43. The standard InChI is InChI=1S/C19H26N2O6/c1-12-2-4-13(5-3-12)19(25)20-11-15-18(24)17(23)14(27-15)10-16(22)21-6-8-26-9-7-21/h2-5,14-15,17-18,23-24H,6-11H2,1H3,(H,20,25)/t14-,15-,17-,18+/m0/s1. The van der Waals surface area contributed by atoms with Crippen LogP contribution in [0.2, 0.25) is 0 Å². The number of hydrogen-bond acceptors (Lipinski definition) is 6. The number of amides is 2. The number of carbonyl (C=O) groups is 2. The zero-order valence-electron chi connectivity index (χ0n) is 15.3. The molecule has 2 heterocycles. The first-order valence-corrected chi connectivity index (χ1v) is 9.17. The van der Waals surface area contributed by atoms with Gasteiger partial charge in [-0.25, -0.2) is 0 Å². The highest BCUT2D eigenvalue weighted by Gasteiger charge is 2.43. The lowest BCUT2D eigenvalue weighted by Gasteiger charge is -2.28. The Labute approximate surface area is 158 Å². The number of aryl methyl sites for hydroxylation is 1. The number of hydrogen-bond donors (Lipinski definition) is 3. The number of aliphatic hydroxyl groups excluding tert-OH is 2. The maximum atomic E-state index is 12.3. The van der Waals surface area contributed by atoms with Gasteiger partial charge in [-0.3, -0.25) is 9.59 Å². The number of nitrogens with one attached hydrogen (secondary N) is 1. The molecule has 0 aromatic heterocycles. The summed E-state index contributed by atoms with van der Waals surface area (Å²) in [6.45, 7) is 4.00. The van der Waals surface area contributed by atoms with Gasteiger partial charge in [0, 0.05) is 25.2 Å². The van der Waals surface area contributed by atoms with E-state index in [-0.39, 0.29) is 24.8 Å². The Morgan fingerprint density at radius 1 is 1.11 bits per heavy atom. The van der Waals surface area contributed by atoms with Gasteiger partial charge in [-0.1, -0.05) is 17.7 Å². The molecule has 3 N–H and O–H groups in total. The summed E-state index contributed by atoms with van der Waals surface area (Å²) in [4.78, 5) is 26.2. The van der Waals surface area contributed by atoms with Crippen LogP contribution in [0.1, 0.15) is 22.3 Å². The van der Waals surface area contributed by atoms with Crippen LogP contribution in [0.4, 0.5) is 0 Å². The monoisotopic (exact) mass is 378 g/mol. The molecule has 2 saturated heterocycles. The second kappa shape index (κ2) is 8.79. The highest BCUT2D eigenvalue weighted by molar-refractivity contribution is 5.94. The highest BCUT2D eigenvalue weighted by atomic mass is 16.5. The smallest absolute Gasteiger partial charge is 0.251 e. The molecule has 2 aliphatic heterocycles. The molecule has 0 aliphatic carbocycles. The first-order chi connectivity index (χ1) is 13.0. The van der Waals surface area contributed by atoms with Crippen LogP contribution in [-0.2, 0) is 14.3 Å². The van der Waals surface area contributed by atoms with Crippen LogP contribution in [0, 0.1) is 6.92 Å². The molecular weight excluding hydrogens is 352 g/mol. The van der Waals surface area contributed by atoms with E-state index in [4.69, 9.17) is 9.47 Å². The van der Waals surface area contributed by atoms with Crippen LogP contribution in [0.3, 0.4) is 0 Å². The second-order valence-electron chi connectivity index (χ2n) is 6.97. The van der Waals surface area contributed by atoms with Crippen molar-refractivity contribution < 1.29 is 29.3 Å². The average Bonchev–Trinajstić information content (AvgIpc) is 2.95. The Morgan fingerprint density at radius 2 is 1.74 bits per heavy atom. The van der Waals surface area contributed by atoms with Crippen molar-refractivity contribution in [2.24, 2.45) is 0 Å². The minimum Gasteiger partial charge on any atom is -0.388 e. The average molecular weight is 378 g/mol. The largest absolute Gasteiger partial charge is 0.388 e. The van der Waals surface area contributed by atoms with E-state index in [0.717, 1.165) is 5.56 Å². The summed E-state index contributed by atoms with van der Waals surface area (Å²) < 4.78 is 10.9. The van der Waals surface area contributed by atoms with E-state index in [0.29, 0.717) is 31.9 Å². The fourth-order valence-corrected chi connectivity index (χ4v) is 3.28. The molecule has 2 amide bonds. The molecule has 8 heteroatoms. The minimum absolute atomic E-state index is 0.0133. The number of morpholine rings is 1. The molecule has 3 rings (SSSR count). The maximum Gasteiger partial charge on any atom is 0.251 e. The molecule has 148 valence electrons. The van der Waals surface area contributed by atoms with Crippen LogP contribution in [0.15, 0.2) is 24.3 Å². The Balaban J connectivity index is 1.50. The third kappa shape index (κ3) is 4.84. The van der Waals surface area contributed by atoms with Crippen molar-refractivity contribution in [2.45, 2.75) is 37.8 Å². The lowest BCUT2D eigenvalue weighted by molar-refractivity contribution is -0.139. The topological polar surface area (TPSA) is 108 Å². The molecule has 1 aromatic carbocycles. The molecule has 0 spiro atoms. The van der Waals surface area contributed by atoms with Crippen molar-refractivity contribution in [3.8, 4) is 0 Å². The Hall–Kier alpha value is -2.00. The lowest BCUT2D eigenvalue weighted by atomic mass is 10.0. The van der Waals surface area contributed by atoms with E-state index >= 15 is 0 Å². The van der Waals surface area contributed by atoms with Gasteiger partial charge in [-0.2, -0.15) is 0 Å². The van der Waals surface area contributed by atoms with Gasteiger partial charge in [0.1, 0.15) is 18.3 Å². The van der Waals surface area contributed by atoms with Crippen molar-refractivity contribution >= 4 is 11.8 Å². The fraction of sp³-hybridized carbons (Fsp3) is 0.579. The SMILES string of the molecule is Cc1ccc(C(=O)NC[C@@H]2O[C@@H](CC(=O)N3CCOCC3)[C@H](O)[C@@H]2O)cc1. The molecular formula is C19H26N2O6. The number of aliphatic hydroxyl groups is 2. The van der Waals surface area contributed by atoms with Gasteiger partial charge in [-0.05, 0) is 19.1 Å². The van der Waals surface area contributed by atoms with Crippen molar-refractivity contribution in [3.05, 3.63) is 35.4 Å². The van der Waals surface area contributed by atoms with Crippen LogP contribution in [-0.4, -0.2) is 84.2 Å².